The average Bonchev–Trinajstić information content (AvgIpc) is 2.58. The van der Waals surface area contributed by atoms with Gasteiger partial charge in [0, 0.05) is 10.2 Å². The lowest BCUT2D eigenvalue weighted by atomic mass is 10.1. The Morgan fingerprint density at radius 1 is 1.32 bits per heavy atom. The van der Waals surface area contributed by atoms with Crippen LogP contribution in [0, 0.1) is 14.9 Å². The first-order valence-corrected chi connectivity index (χ1v) is 9.91. The Labute approximate surface area is 176 Å². The van der Waals surface area contributed by atoms with Crippen LogP contribution in [-0.2, 0) is 4.79 Å². The molecule has 25 heavy (non-hydrogen) atoms. The first-order valence-electron chi connectivity index (χ1n) is 7.25. The third kappa shape index (κ3) is 5.56. The van der Waals surface area contributed by atoms with Gasteiger partial charge in [0.15, 0.2) is 0 Å². The fourth-order valence-electron chi connectivity index (χ4n) is 1.99. The molecule has 7 heteroatoms. The lowest BCUT2D eigenvalue weighted by molar-refractivity contribution is -0.112. The molecule has 0 saturated carbocycles. The molecule has 2 aromatic carbocycles. The van der Waals surface area contributed by atoms with E-state index in [9.17, 15) is 10.1 Å². The van der Waals surface area contributed by atoms with E-state index in [1.165, 1.54) is 0 Å². The monoisotopic (exact) mass is 574 g/mol. The zero-order valence-electron chi connectivity index (χ0n) is 13.1. The number of nitriles is 1. The minimum Gasteiger partial charge on any atom is -0.492 e. The lowest BCUT2D eigenvalue weighted by Crippen LogP contribution is -2.13. The van der Waals surface area contributed by atoms with Crippen LogP contribution in [-0.4, -0.2) is 12.5 Å². The van der Waals surface area contributed by atoms with Crippen LogP contribution in [0.5, 0.6) is 5.75 Å². The molecule has 0 radical (unpaired) electrons. The molecule has 0 aromatic heterocycles. The van der Waals surface area contributed by atoms with Gasteiger partial charge >= 0.3 is 0 Å². The molecule has 1 N–H and O–H groups in total. The molecule has 0 aliphatic heterocycles. The summed E-state index contributed by atoms with van der Waals surface area (Å²) in [6.45, 7) is 2.47. The van der Waals surface area contributed by atoms with Gasteiger partial charge in [-0.3, -0.25) is 4.79 Å². The molecule has 0 spiro atoms. The Morgan fingerprint density at radius 3 is 2.56 bits per heavy atom. The normalized spacial score (nSPS) is 10.9. The van der Waals surface area contributed by atoms with E-state index >= 15 is 0 Å². The third-order valence-electron chi connectivity index (χ3n) is 3.09. The summed E-state index contributed by atoms with van der Waals surface area (Å²) in [5, 5.41) is 12.0. The van der Waals surface area contributed by atoms with Crippen molar-refractivity contribution in [1.29, 1.82) is 5.26 Å². The van der Waals surface area contributed by atoms with Crippen molar-refractivity contribution in [1.82, 2.24) is 0 Å². The smallest absolute Gasteiger partial charge is 0.266 e. The zero-order valence-corrected chi connectivity index (χ0v) is 18.5. The molecule has 4 nitrogen and oxygen atoms in total. The van der Waals surface area contributed by atoms with Crippen molar-refractivity contribution in [3.8, 4) is 11.8 Å². The van der Waals surface area contributed by atoms with Gasteiger partial charge in [-0.2, -0.15) is 5.26 Å². The van der Waals surface area contributed by atoms with Crippen molar-refractivity contribution in [2.45, 2.75) is 6.92 Å². The summed E-state index contributed by atoms with van der Waals surface area (Å²) in [7, 11) is 0. The van der Waals surface area contributed by atoms with Crippen molar-refractivity contribution in [2.75, 3.05) is 11.9 Å². The van der Waals surface area contributed by atoms with E-state index in [4.69, 9.17) is 4.74 Å². The highest BCUT2D eigenvalue weighted by molar-refractivity contribution is 14.1. The van der Waals surface area contributed by atoms with Crippen molar-refractivity contribution < 1.29 is 9.53 Å². The number of nitrogens with one attached hydrogen (secondary N) is 1. The molecule has 0 aliphatic carbocycles. The number of anilines is 1. The molecular formula is C18H13Br2IN2O2. The predicted molar refractivity (Wildman–Crippen MR) is 114 cm³/mol. The van der Waals surface area contributed by atoms with Gasteiger partial charge in [-0.15, -0.1) is 0 Å². The Balaban J connectivity index is 2.26. The second-order valence-electron chi connectivity index (χ2n) is 4.88. The number of carbonyl (C=O) groups excluding carboxylic acids is 1. The van der Waals surface area contributed by atoms with Crippen LogP contribution in [0.2, 0.25) is 0 Å². The van der Waals surface area contributed by atoms with Crippen molar-refractivity contribution in [3.05, 3.63) is 60.1 Å². The standard InChI is InChI=1S/C18H13Br2IN2O2/c1-2-25-17-15(20)8-11(9-16(17)21)7-12(10-22)18(24)23-14-5-3-13(19)4-6-14/h3-9H,2H2,1H3,(H,23,24)/b12-7-. The molecule has 0 saturated heterocycles. The molecular weight excluding hydrogens is 563 g/mol. The van der Waals surface area contributed by atoms with Gasteiger partial charge in [0.2, 0.25) is 0 Å². The summed E-state index contributed by atoms with van der Waals surface area (Å²) in [6.07, 6.45) is 1.55. The summed E-state index contributed by atoms with van der Waals surface area (Å²) in [6, 6.07) is 12.8. The molecule has 0 bridgehead atoms. The molecule has 0 fully saturated rings. The van der Waals surface area contributed by atoms with Crippen LogP contribution >= 0.6 is 54.5 Å². The van der Waals surface area contributed by atoms with Gasteiger partial charge in [-0.05, 0) is 93.5 Å². The highest BCUT2D eigenvalue weighted by Crippen LogP contribution is 2.32. The van der Waals surface area contributed by atoms with Gasteiger partial charge < -0.3 is 10.1 Å². The van der Waals surface area contributed by atoms with E-state index in [2.05, 4.69) is 59.8 Å². The lowest BCUT2D eigenvalue weighted by Gasteiger charge is -2.10. The van der Waals surface area contributed by atoms with E-state index < -0.39 is 5.91 Å². The van der Waals surface area contributed by atoms with Crippen LogP contribution in [0.25, 0.3) is 6.08 Å². The summed E-state index contributed by atoms with van der Waals surface area (Å²) >= 11 is 8.96. The largest absolute Gasteiger partial charge is 0.492 e. The summed E-state index contributed by atoms with van der Waals surface area (Å²) in [5.41, 5.74) is 1.38. The molecule has 0 heterocycles. The molecule has 2 rings (SSSR count). The van der Waals surface area contributed by atoms with Gasteiger partial charge in [0.05, 0.1) is 14.6 Å². The fourth-order valence-corrected chi connectivity index (χ4v) is 4.03. The molecule has 0 unspecified atom stereocenters. The maximum Gasteiger partial charge on any atom is 0.266 e. The van der Waals surface area contributed by atoms with E-state index in [1.54, 1.807) is 18.2 Å². The average molecular weight is 576 g/mol. The SMILES string of the molecule is CCOc1c(Br)cc(/C=C(/C#N)C(=O)Nc2ccc(Br)cc2)cc1I. The molecule has 0 aliphatic rings. The maximum absolute atomic E-state index is 12.3. The number of nitrogens with zero attached hydrogens (tertiary/aromatic N) is 1. The van der Waals surface area contributed by atoms with Crippen LogP contribution in [0.3, 0.4) is 0 Å². The Morgan fingerprint density at radius 2 is 2.00 bits per heavy atom. The number of ether oxygens (including phenoxy) is 1. The summed E-state index contributed by atoms with van der Waals surface area (Å²) in [4.78, 5) is 12.3. The van der Waals surface area contributed by atoms with Crippen molar-refractivity contribution in [3.63, 3.8) is 0 Å². The van der Waals surface area contributed by atoms with Crippen molar-refractivity contribution >= 4 is 72.1 Å². The van der Waals surface area contributed by atoms with Crippen LogP contribution in [0.15, 0.2) is 50.9 Å². The number of rotatable bonds is 5. The Hall–Kier alpha value is -1.37. The van der Waals surface area contributed by atoms with E-state index in [1.807, 2.05) is 37.3 Å². The van der Waals surface area contributed by atoms with Gasteiger partial charge in [-0.1, -0.05) is 15.9 Å². The minimum atomic E-state index is -0.454. The minimum absolute atomic E-state index is 0.0229. The number of hydrogen-bond donors (Lipinski definition) is 1. The van der Waals surface area contributed by atoms with Crippen LogP contribution in [0.4, 0.5) is 5.69 Å². The molecule has 1 amide bonds. The number of carbonyl (C=O) groups is 1. The maximum atomic E-state index is 12.3. The second-order valence-corrected chi connectivity index (χ2v) is 7.81. The molecule has 2 aromatic rings. The van der Waals surface area contributed by atoms with Gasteiger partial charge in [0.25, 0.3) is 5.91 Å². The number of halogens is 3. The topological polar surface area (TPSA) is 62.1 Å². The predicted octanol–water partition coefficient (Wildman–Crippen LogP) is 5.76. The van der Waals surface area contributed by atoms with Crippen molar-refractivity contribution in [2.24, 2.45) is 0 Å². The zero-order chi connectivity index (χ0) is 18.4. The number of benzene rings is 2. The Bertz CT molecular complexity index is 835. The number of hydrogen-bond acceptors (Lipinski definition) is 3. The first-order chi connectivity index (χ1) is 11.9. The van der Waals surface area contributed by atoms with E-state index in [-0.39, 0.29) is 5.57 Å². The fraction of sp³-hybridized carbons (Fsp3) is 0.111. The molecule has 0 atom stereocenters. The second kappa shape index (κ2) is 9.36. The van der Waals surface area contributed by atoms with Gasteiger partial charge in [-0.25, -0.2) is 0 Å². The highest BCUT2D eigenvalue weighted by Gasteiger charge is 2.12. The van der Waals surface area contributed by atoms with E-state index in [0.717, 1.165) is 23.8 Å². The van der Waals surface area contributed by atoms with Gasteiger partial charge in [0.1, 0.15) is 17.4 Å². The number of amides is 1. The quantitative estimate of drug-likeness (QED) is 0.280. The van der Waals surface area contributed by atoms with Crippen LogP contribution in [0.1, 0.15) is 12.5 Å². The third-order valence-corrected chi connectivity index (χ3v) is 5.01. The molecule has 128 valence electrons. The van der Waals surface area contributed by atoms with Crippen LogP contribution < -0.4 is 10.1 Å². The Kier molecular flexibility index (Phi) is 7.47. The summed E-state index contributed by atoms with van der Waals surface area (Å²) in [5.74, 6) is 0.294. The first kappa shape index (κ1) is 19.9. The van der Waals surface area contributed by atoms with E-state index in [0.29, 0.717) is 12.3 Å². The highest BCUT2D eigenvalue weighted by atomic mass is 127. The summed E-state index contributed by atoms with van der Waals surface area (Å²) < 4.78 is 8.15.